The molecule has 0 spiro atoms. The predicted octanol–water partition coefficient (Wildman–Crippen LogP) is 5.06. The van der Waals surface area contributed by atoms with Crippen LogP contribution in [0.4, 0.5) is 5.69 Å². The topological polar surface area (TPSA) is 26.0 Å². The van der Waals surface area contributed by atoms with Crippen molar-refractivity contribution in [2.24, 2.45) is 17.8 Å². The van der Waals surface area contributed by atoms with Gasteiger partial charge >= 0.3 is 0 Å². The molecule has 1 fully saturated rings. The van der Waals surface area contributed by atoms with Gasteiger partial charge in [0.05, 0.1) is 0 Å². The van der Waals surface area contributed by atoms with Gasteiger partial charge in [0.1, 0.15) is 0 Å². The fourth-order valence-corrected chi connectivity index (χ4v) is 3.88. The predicted molar refractivity (Wildman–Crippen MR) is 84.4 cm³/mol. The Balaban J connectivity index is 2.41. The molecule has 1 nitrogen and oxygen atoms in total. The van der Waals surface area contributed by atoms with E-state index in [1.807, 2.05) is 0 Å². The van der Waals surface area contributed by atoms with Crippen LogP contribution in [0.2, 0.25) is 0 Å². The molecule has 1 aliphatic carbocycles. The number of anilines is 1. The summed E-state index contributed by atoms with van der Waals surface area (Å²) in [4.78, 5) is 0. The highest BCUT2D eigenvalue weighted by molar-refractivity contribution is 5.56. The molecule has 0 heterocycles. The number of rotatable bonds is 2. The number of nitrogens with two attached hydrogens (primary N) is 1. The molecule has 106 valence electrons. The van der Waals surface area contributed by atoms with Crippen molar-refractivity contribution >= 4 is 5.69 Å². The summed E-state index contributed by atoms with van der Waals surface area (Å²) in [5.74, 6) is 3.03. The highest BCUT2D eigenvalue weighted by Crippen LogP contribution is 2.46. The Bertz CT molecular complexity index is 447. The quantitative estimate of drug-likeness (QED) is 0.738. The largest absolute Gasteiger partial charge is 0.398 e. The number of nitrogen functional groups attached to an aromatic ring is 1. The van der Waals surface area contributed by atoms with E-state index in [1.165, 1.54) is 36.0 Å². The lowest BCUT2D eigenvalue weighted by atomic mass is 9.67. The summed E-state index contributed by atoms with van der Waals surface area (Å²) >= 11 is 0. The van der Waals surface area contributed by atoms with E-state index in [-0.39, 0.29) is 0 Å². The van der Waals surface area contributed by atoms with Crippen molar-refractivity contribution in [1.29, 1.82) is 0 Å². The molecule has 3 atom stereocenters. The zero-order chi connectivity index (χ0) is 14.2. The van der Waals surface area contributed by atoms with E-state index in [4.69, 9.17) is 5.73 Å². The first-order valence-electron chi connectivity index (χ1n) is 7.76. The molecular formula is C18H29N. The van der Waals surface area contributed by atoms with Crippen LogP contribution in [-0.4, -0.2) is 0 Å². The molecule has 0 aliphatic heterocycles. The lowest BCUT2D eigenvalue weighted by Gasteiger charge is -2.38. The number of aryl methyl sites for hydroxylation is 2. The van der Waals surface area contributed by atoms with Crippen LogP contribution < -0.4 is 5.73 Å². The van der Waals surface area contributed by atoms with E-state index in [0.29, 0.717) is 5.92 Å². The first kappa shape index (κ1) is 14.4. The van der Waals surface area contributed by atoms with E-state index in [1.54, 1.807) is 0 Å². The minimum Gasteiger partial charge on any atom is -0.398 e. The molecule has 1 heteroatoms. The smallest absolute Gasteiger partial charge is 0.0379 e. The maximum atomic E-state index is 6.39. The summed E-state index contributed by atoms with van der Waals surface area (Å²) < 4.78 is 0. The Morgan fingerprint density at radius 1 is 1.16 bits per heavy atom. The van der Waals surface area contributed by atoms with Gasteiger partial charge in [-0.1, -0.05) is 44.9 Å². The summed E-state index contributed by atoms with van der Waals surface area (Å²) in [6, 6.07) is 4.54. The fraction of sp³-hybridized carbons (Fsp3) is 0.667. The van der Waals surface area contributed by atoms with E-state index < -0.39 is 0 Å². The lowest BCUT2D eigenvalue weighted by Crippen LogP contribution is -2.27. The number of hydrogen-bond acceptors (Lipinski definition) is 1. The SMILES string of the molecule is Cc1cc(C)c(N)c([C@@H]2C[C@H](C)CC[C@H]2C(C)C)c1. The van der Waals surface area contributed by atoms with Crippen LogP contribution in [0.1, 0.15) is 62.6 Å². The average molecular weight is 259 g/mol. The maximum Gasteiger partial charge on any atom is 0.0379 e. The van der Waals surface area contributed by atoms with E-state index in [2.05, 4.69) is 46.8 Å². The van der Waals surface area contributed by atoms with Crippen LogP contribution >= 0.6 is 0 Å². The molecule has 1 aromatic rings. The molecule has 0 radical (unpaired) electrons. The van der Waals surface area contributed by atoms with Crippen molar-refractivity contribution in [3.05, 3.63) is 28.8 Å². The first-order valence-corrected chi connectivity index (χ1v) is 7.76. The van der Waals surface area contributed by atoms with Crippen molar-refractivity contribution in [3.63, 3.8) is 0 Å². The minimum atomic E-state index is 0.655. The summed E-state index contributed by atoms with van der Waals surface area (Å²) in [6.45, 7) is 11.5. The Labute approximate surface area is 118 Å². The third kappa shape index (κ3) is 2.96. The van der Waals surface area contributed by atoms with Crippen LogP contribution in [0.15, 0.2) is 12.1 Å². The van der Waals surface area contributed by atoms with Gasteiger partial charge in [-0.05, 0) is 61.5 Å². The van der Waals surface area contributed by atoms with Crippen molar-refractivity contribution in [3.8, 4) is 0 Å². The fourth-order valence-electron chi connectivity index (χ4n) is 3.88. The van der Waals surface area contributed by atoms with E-state index in [9.17, 15) is 0 Å². The lowest BCUT2D eigenvalue weighted by molar-refractivity contribution is 0.197. The summed E-state index contributed by atoms with van der Waals surface area (Å²) in [6.07, 6.45) is 4.04. The Kier molecular flexibility index (Phi) is 4.23. The van der Waals surface area contributed by atoms with Crippen molar-refractivity contribution in [2.45, 2.75) is 59.8 Å². The average Bonchev–Trinajstić information content (AvgIpc) is 2.33. The zero-order valence-corrected chi connectivity index (χ0v) is 13.2. The molecule has 0 bridgehead atoms. The molecular weight excluding hydrogens is 230 g/mol. The van der Waals surface area contributed by atoms with Gasteiger partial charge in [-0.3, -0.25) is 0 Å². The Morgan fingerprint density at radius 3 is 2.47 bits per heavy atom. The summed E-state index contributed by atoms with van der Waals surface area (Å²) in [5.41, 5.74) is 11.4. The molecule has 0 aromatic heterocycles. The molecule has 0 saturated heterocycles. The minimum absolute atomic E-state index is 0.655. The van der Waals surface area contributed by atoms with Crippen LogP contribution in [0, 0.1) is 31.6 Å². The Morgan fingerprint density at radius 2 is 1.84 bits per heavy atom. The van der Waals surface area contributed by atoms with Gasteiger partial charge < -0.3 is 5.73 Å². The van der Waals surface area contributed by atoms with Crippen molar-refractivity contribution < 1.29 is 0 Å². The Hall–Kier alpha value is -0.980. The molecule has 2 N–H and O–H groups in total. The van der Waals surface area contributed by atoms with Crippen molar-refractivity contribution in [2.75, 3.05) is 5.73 Å². The monoisotopic (exact) mass is 259 g/mol. The van der Waals surface area contributed by atoms with Gasteiger partial charge in [0.25, 0.3) is 0 Å². The molecule has 1 aromatic carbocycles. The molecule has 0 amide bonds. The zero-order valence-electron chi connectivity index (χ0n) is 13.2. The first-order chi connectivity index (χ1) is 8.90. The van der Waals surface area contributed by atoms with Gasteiger partial charge in [-0.25, -0.2) is 0 Å². The van der Waals surface area contributed by atoms with Crippen LogP contribution in [0.3, 0.4) is 0 Å². The second-order valence-corrected chi connectivity index (χ2v) is 7.02. The van der Waals surface area contributed by atoms with Gasteiger partial charge in [0.15, 0.2) is 0 Å². The van der Waals surface area contributed by atoms with Crippen LogP contribution in [0.5, 0.6) is 0 Å². The van der Waals surface area contributed by atoms with E-state index >= 15 is 0 Å². The number of hydrogen-bond donors (Lipinski definition) is 1. The van der Waals surface area contributed by atoms with Gasteiger partial charge in [0.2, 0.25) is 0 Å². The highest BCUT2D eigenvalue weighted by Gasteiger charge is 2.32. The molecule has 1 saturated carbocycles. The van der Waals surface area contributed by atoms with E-state index in [0.717, 1.165) is 23.4 Å². The van der Waals surface area contributed by atoms with Crippen LogP contribution in [0.25, 0.3) is 0 Å². The van der Waals surface area contributed by atoms with Crippen LogP contribution in [-0.2, 0) is 0 Å². The van der Waals surface area contributed by atoms with Gasteiger partial charge in [0, 0.05) is 5.69 Å². The molecule has 0 unspecified atom stereocenters. The summed E-state index contributed by atoms with van der Waals surface area (Å²) in [7, 11) is 0. The number of benzene rings is 1. The van der Waals surface area contributed by atoms with Gasteiger partial charge in [-0.15, -0.1) is 0 Å². The second kappa shape index (κ2) is 5.56. The standard InChI is InChI=1S/C18H29N/c1-11(2)15-7-6-12(3)9-16(15)17-10-13(4)8-14(5)18(17)19/h8,10-12,15-16H,6-7,9,19H2,1-5H3/t12-,15+,16-/m1/s1. The normalized spacial score (nSPS) is 27.8. The highest BCUT2D eigenvalue weighted by atomic mass is 14.6. The third-order valence-electron chi connectivity index (χ3n) is 4.98. The molecule has 1 aliphatic rings. The second-order valence-electron chi connectivity index (χ2n) is 7.02. The van der Waals surface area contributed by atoms with Crippen molar-refractivity contribution in [1.82, 2.24) is 0 Å². The third-order valence-corrected chi connectivity index (χ3v) is 4.98. The van der Waals surface area contributed by atoms with Gasteiger partial charge in [-0.2, -0.15) is 0 Å². The molecule has 19 heavy (non-hydrogen) atoms. The molecule has 2 rings (SSSR count). The maximum absolute atomic E-state index is 6.39. The summed E-state index contributed by atoms with van der Waals surface area (Å²) in [5, 5.41) is 0.